The van der Waals surface area contributed by atoms with Crippen LogP contribution < -0.4 is 10.9 Å². The molecule has 2 N–H and O–H groups in total. The standard InChI is InChI=1S/C17H26N2O2/c1-2-3-4-5-9-12-16(20)18-19-17(21)14-13-15-10-7-6-8-11-15/h6-8,10-11H,2-5,9,12-14H2,1H3,(H,18,20)(H,19,21). The molecule has 1 aromatic carbocycles. The van der Waals surface area contributed by atoms with E-state index in [4.69, 9.17) is 0 Å². The van der Waals surface area contributed by atoms with Gasteiger partial charge in [0.15, 0.2) is 0 Å². The van der Waals surface area contributed by atoms with Gasteiger partial charge >= 0.3 is 0 Å². The molecular weight excluding hydrogens is 264 g/mol. The van der Waals surface area contributed by atoms with Crippen LogP contribution in [0.5, 0.6) is 0 Å². The average molecular weight is 290 g/mol. The fourth-order valence-corrected chi connectivity index (χ4v) is 2.06. The van der Waals surface area contributed by atoms with E-state index < -0.39 is 0 Å². The normalized spacial score (nSPS) is 10.1. The van der Waals surface area contributed by atoms with Crippen LogP contribution in [0.1, 0.15) is 57.4 Å². The average Bonchev–Trinajstić information content (AvgIpc) is 2.51. The van der Waals surface area contributed by atoms with Crippen LogP contribution in [-0.4, -0.2) is 11.8 Å². The Kier molecular flexibility index (Phi) is 8.93. The minimum Gasteiger partial charge on any atom is -0.273 e. The second-order valence-corrected chi connectivity index (χ2v) is 5.25. The highest BCUT2D eigenvalue weighted by Crippen LogP contribution is 2.04. The minimum absolute atomic E-state index is 0.112. The lowest BCUT2D eigenvalue weighted by Crippen LogP contribution is -2.41. The van der Waals surface area contributed by atoms with Gasteiger partial charge in [-0.1, -0.05) is 62.9 Å². The summed E-state index contributed by atoms with van der Waals surface area (Å²) in [6, 6.07) is 9.83. The van der Waals surface area contributed by atoms with Crippen molar-refractivity contribution in [2.75, 3.05) is 0 Å². The molecule has 1 rings (SSSR count). The molecule has 2 amide bonds. The number of unbranched alkanes of at least 4 members (excludes halogenated alkanes) is 4. The molecule has 21 heavy (non-hydrogen) atoms. The molecule has 4 nitrogen and oxygen atoms in total. The van der Waals surface area contributed by atoms with Gasteiger partial charge in [0.2, 0.25) is 11.8 Å². The maximum Gasteiger partial charge on any atom is 0.238 e. The first-order chi connectivity index (χ1) is 10.2. The monoisotopic (exact) mass is 290 g/mol. The Morgan fingerprint density at radius 2 is 1.48 bits per heavy atom. The quantitative estimate of drug-likeness (QED) is 0.542. The van der Waals surface area contributed by atoms with Crippen LogP contribution in [0.2, 0.25) is 0 Å². The van der Waals surface area contributed by atoms with Crippen LogP contribution in [-0.2, 0) is 16.0 Å². The Morgan fingerprint density at radius 1 is 0.857 bits per heavy atom. The van der Waals surface area contributed by atoms with Gasteiger partial charge < -0.3 is 0 Å². The van der Waals surface area contributed by atoms with Crippen LogP contribution in [0.3, 0.4) is 0 Å². The Morgan fingerprint density at radius 3 is 2.14 bits per heavy atom. The molecule has 0 fully saturated rings. The molecular formula is C17H26N2O2. The topological polar surface area (TPSA) is 58.2 Å². The summed E-state index contributed by atoms with van der Waals surface area (Å²) < 4.78 is 0. The van der Waals surface area contributed by atoms with Crippen LogP contribution in [0, 0.1) is 0 Å². The first-order valence-electron chi connectivity index (χ1n) is 7.84. The van der Waals surface area contributed by atoms with Gasteiger partial charge in [-0.15, -0.1) is 0 Å². The Hall–Kier alpha value is -1.84. The van der Waals surface area contributed by atoms with Gasteiger partial charge in [-0.3, -0.25) is 20.4 Å². The Bertz CT molecular complexity index is 418. The van der Waals surface area contributed by atoms with E-state index >= 15 is 0 Å². The summed E-state index contributed by atoms with van der Waals surface area (Å²) in [4.78, 5) is 23.1. The molecule has 0 spiro atoms. The molecule has 0 saturated carbocycles. The lowest BCUT2D eigenvalue weighted by molar-refractivity contribution is -0.128. The summed E-state index contributed by atoms with van der Waals surface area (Å²) in [5.41, 5.74) is 6.06. The smallest absolute Gasteiger partial charge is 0.238 e. The predicted octanol–water partition coefficient (Wildman–Crippen LogP) is 3.13. The summed E-state index contributed by atoms with van der Waals surface area (Å²) in [5, 5.41) is 0. The Balaban J connectivity index is 2.05. The summed E-state index contributed by atoms with van der Waals surface area (Å²) in [6.45, 7) is 2.16. The molecule has 0 saturated heterocycles. The van der Waals surface area contributed by atoms with Gasteiger partial charge in [0.1, 0.15) is 0 Å². The van der Waals surface area contributed by atoms with Crippen molar-refractivity contribution in [3.05, 3.63) is 35.9 Å². The minimum atomic E-state index is -0.154. The van der Waals surface area contributed by atoms with Gasteiger partial charge in [0.25, 0.3) is 0 Å². The zero-order valence-corrected chi connectivity index (χ0v) is 12.9. The molecule has 0 aliphatic rings. The van der Waals surface area contributed by atoms with Gasteiger partial charge in [-0.2, -0.15) is 0 Å². The molecule has 0 aliphatic heterocycles. The maximum atomic E-state index is 11.6. The molecule has 0 aromatic heterocycles. The fourth-order valence-electron chi connectivity index (χ4n) is 2.06. The van der Waals surface area contributed by atoms with E-state index in [-0.39, 0.29) is 11.8 Å². The molecule has 0 heterocycles. The summed E-state index contributed by atoms with van der Waals surface area (Å²) in [5.74, 6) is -0.266. The van der Waals surface area contributed by atoms with Crippen molar-refractivity contribution in [3.63, 3.8) is 0 Å². The molecule has 1 aromatic rings. The van der Waals surface area contributed by atoms with E-state index in [0.29, 0.717) is 19.3 Å². The van der Waals surface area contributed by atoms with E-state index in [1.807, 2.05) is 30.3 Å². The summed E-state index contributed by atoms with van der Waals surface area (Å²) in [7, 11) is 0. The van der Waals surface area contributed by atoms with Crippen molar-refractivity contribution in [1.29, 1.82) is 0 Å². The zero-order valence-electron chi connectivity index (χ0n) is 12.9. The number of carbonyl (C=O) groups excluding carboxylic acids is 2. The highest BCUT2D eigenvalue weighted by molar-refractivity contribution is 5.81. The highest BCUT2D eigenvalue weighted by Gasteiger charge is 2.05. The van der Waals surface area contributed by atoms with Crippen LogP contribution in [0.4, 0.5) is 0 Å². The predicted molar refractivity (Wildman–Crippen MR) is 84.4 cm³/mol. The van der Waals surface area contributed by atoms with Crippen molar-refractivity contribution >= 4 is 11.8 Å². The fraction of sp³-hybridized carbons (Fsp3) is 0.529. The molecule has 0 radical (unpaired) electrons. The van der Waals surface area contributed by atoms with Crippen molar-refractivity contribution < 1.29 is 9.59 Å². The number of benzene rings is 1. The van der Waals surface area contributed by atoms with Gasteiger partial charge in [0.05, 0.1) is 0 Å². The van der Waals surface area contributed by atoms with Crippen LogP contribution in [0.25, 0.3) is 0 Å². The first-order valence-corrected chi connectivity index (χ1v) is 7.84. The number of rotatable bonds is 9. The molecule has 0 aliphatic carbocycles. The van der Waals surface area contributed by atoms with Gasteiger partial charge in [0, 0.05) is 12.8 Å². The summed E-state index contributed by atoms with van der Waals surface area (Å²) >= 11 is 0. The molecule has 0 bridgehead atoms. The van der Waals surface area contributed by atoms with E-state index in [2.05, 4.69) is 17.8 Å². The van der Waals surface area contributed by atoms with Gasteiger partial charge in [-0.25, -0.2) is 0 Å². The van der Waals surface area contributed by atoms with Crippen LogP contribution >= 0.6 is 0 Å². The van der Waals surface area contributed by atoms with Crippen molar-refractivity contribution in [1.82, 2.24) is 10.9 Å². The van der Waals surface area contributed by atoms with Crippen molar-refractivity contribution in [3.8, 4) is 0 Å². The first kappa shape index (κ1) is 17.2. The van der Waals surface area contributed by atoms with E-state index in [1.54, 1.807) is 0 Å². The van der Waals surface area contributed by atoms with Crippen molar-refractivity contribution in [2.45, 2.75) is 58.3 Å². The lowest BCUT2D eigenvalue weighted by atomic mass is 10.1. The highest BCUT2D eigenvalue weighted by atomic mass is 16.2. The number of hydrogen-bond donors (Lipinski definition) is 2. The third kappa shape index (κ3) is 8.84. The van der Waals surface area contributed by atoms with E-state index in [0.717, 1.165) is 18.4 Å². The molecule has 0 atom stereocenters. The SMILES string of the molecule is CCCCCCCC(=O)NNC(=O)CCc1ccccc1. The van der Waals surface area contributed by atoms with Gasteiger partial charge in [-0.05, 0) is 18.4 Å². The molecule has 116 valence electrons. The van der Waals surface area contributed by atoms with Crippen molar-refractivity contribution in [2.24, 2.45) is 0 Å². The molecule has 4 heteroatoms. The largest absolute Gasteiger partial charge is 0.273 e. The Labute approximate surface area is 127 Å². The zero-order chi connectivity index (χ0) is 15.3. The number of nitrogens with one attached hydrogen (secondary N) is 2. The lowest BCUT2D eigenvalue weighted by Gasteiger charge is -2.07. The molecule has 0 unspecified atom stereocenters. The number of hydrazine groups is 1. The van der Waals surface area contributed by atoms with E-state index in [9.17, 15) is 9.59 Å². The summed E-state index contributed by atoms with van der Waals surface area (Å²) in [6.07, 6.45) is 7.08. The second-order valence-electron chi connectivity index (χ2n) is 5.25. The van der Waals surface area contributed by atoms with Crippen LogP contribution in [0.15, 0.2) is 30.3 Å². The second kappa shape index (κ2) is 10.9. The maximum absolute atomic E-state index is 11.6. The third-order valence-corrected chi connectivity index (χ3v) is 3.33. The number of aryl methyl sites for hydroxylation is 1. The number of amides is 2. The van der Waals surface area contributed by atoms with E-state index in [1.165, 1.54) is 19.3 Å². The number of hydrogen-bond acceptors (Lipinski definition) is 2. The number of carbonyl (C=O) groups is 2. The third-order valence-electron chi connectivity index (χ3n) is 3.33.